The molecule has 0 amide bonds. The van der Waals surface area contributed by atoms with Gasteiger partial charge in [-0.3, -0.25) is 4.79 Å². The van der Waals surface area contributed by atoms with Crippen molar-refractivity contribution < 1.29 is 9.53 Å². The predicted octanol–water partition coefficient (Wildman–Crippen LogP) is 4.29. The summed E-state index contributed by atoms with van der Waals surface area (Å²) in [6, 6.07) is 9.29. The van der Waals surface area contributed by atoms with Crippen molar-refractivity contribution in [1.82, 2.24) is 10.2 Å². The molecule has 1 aliphatic rings. The lowest BCUT2D eigenvalue weighted by Gasteiger charge is -2.28. The van der Waals surface area contributed by atoms with Crippen molar-refractivity contribution in [3.05, 3.63) is 51.6 Å². The number of nitrogens with two attached hydrogens (primary N) is 1. The average Bonchev–Trinajstić information content (AvgIpc) is 2.72. The van der Waals surface area contributed by atoms with Gasteiger partial charge in [0.1, 0.15) is 11.5 Å². The minimum absolute atomic E-state index is 0.272. The summed E-state index contributed by atoms with van der Waals surface area (Å²) in [7, 11) is 1.58. The smallest absolute Gasteiger partial charge is 0.159 e. The molecule has 1 aromatic heterocycles. The number of hydrogen-bond acceptors (Lipinski definition) is 6. The number of halogens is 2. The number of aromatic nitrogens is 2. The van der Waals surface area contributed by atoms with Crippen LogP contribution in [0.25, 0.3) is 10.8 Å². The maximum atomic E-state index is 11.6. The summed E-state index contributed by atoms with van der Waals surface area (Å²) in [6.45, 7) is 1.25. The van der Waals surface area contributed by atoms with Crippen LogP contribution < -0.4 is 15.4 Å². The SMILES string of the molecule is COc1ccc(Cc2nnc(N3CCC(=O)CC3)c3ccc(Cl)c(N)c23)cc1Cl. The molecule has 0 saturated carbocycles. The number of fused-ring (bicyclic) bond motifs is 1. The van der Waals surface area contributed by atoms with Crippen LogP contribution in [-0.2, 0) is 11.2 Å². The van der Waals surface area contributed by atoms with Gasteiger partial charge in [-0.25, -0.2) is 0 Å². The molecule has 6 nitrogen and oxygen atoms in total. The molecule has 2 aromatic carbocycles. The molecule has 1 aliphatic heterocycles. The molecule has 3 aromatic rings. The van der Waals surface area contributed by atoms with Gasteiger partial charge in [-0.05, 0) is 29.8 Å². The molecule has 1 fully saturated rings. The highest BCUT2D eigenvalue weighted by Gasteiger charge is 2.22. The third kappa shape index (κ3) is 3.82. The predicted molar refractivity (Wildman–Crippen MR) is 116 cm³/mol. The van der Waals surface area contributed by atoms with Gasteiger partial charge in [-0.15, -0.1) is 5.10 Å². The molecule has 0 atom stereocenters. The summed E-state index contributed by atoms with van der Waals surface area (Å²) in [5.41, 5.74) is 8.51. The van der Waals surface area contributed by atoms with E-state index < -0.39 is 0 Å². The summed E-state index contributed by atoms with van der Waals surface area (Å²) >= 11 is 12.6. The van der Waals surface area contributed by atoms with Crippen LogP contribution in [0, 0.1) is 0 Å². The Bertz CT molecular complexity index is 1090. The Labute approximate surface area is 178 Å². The zero-order valence-corrected chi connectivity index (χ0v) is 17.4. The van der Waals surface area contributed by atoms with Crippen molar-refractivity contribution in [3.8, 4) is 5.75 Å². The molecular weight excluding hydrogens is 411 g/mol. The van der Waals surface area contributed by atoms with Crippen LogP contribution in [0.3, 0.4) is 0 Å². The van der Waals surface area contributed by atoms with Crippen LogP contribution >= 0.6 is 23.2 Å². The number of ketones is 1. The van der Waals surface area contributed by atoms with Crippen molar-refractivity contribution in [1.29, 1.82) is 0 Å². The molecule has 0 bridgehead atoms. The van der Waals surface area contributed by atoms with Gasteiger partial charge in [-0.2, -0.15) is 5.10 Å². The minimum atomic E-state index is 0.272. The standard InChI is InChI=1S/C21H20Cl2N4O2/c1-29-18-5-2-12(10-16(18)23)11-17-19-14(3-4-15(22)20(19)24)21(26-25-17)27-8-6-13(28)7-9-27/h2-5,10H,6-9,11,24H2,1H3. The number of carbonyl (C=O) groups excluding carboxylic acids is 1. The summed E-state index contributed by atoms with van der Waals surface area (Å²) in [5, 5.41) is 11.6. The Morgan fingerprint density at radius 3 is 2.55 bits per heavy atom. The number of nitrogens with zero attached hydrogens (tertiary/aromatic N) is 3. The molecule has 1 saturated heterocycles. The number of rotatable bonds is 4. The summed E-state index contributed by atoms with van der Waals surface area (Å²) in [6.07, 6.45) is 1.52. The normalized spacial score (nSPS) is 14.4. The number of Topliss-reactive ketones (excluding diaryl/α,β-unsaturated/α-hetero) is 1. The maximum Gasteiger partial charge on any atom is 0.159 e. The number of carbonyl (C=O) groups is 1. The highest BCUT2D eigenvalue weighted by atomic mass is 35.5. The second kappa shape index (κ2) is 8.05. The van der Waals surface area contributed by atoms with Crippen molar-refractivity contribution in [2.75, 3.05) is 30.8 Å². The molecule has 29 heavy (non-hydrogen) atoms. The first-order valence-electron chi connectivity index (χ1n) is 9.30. The molecule has 0 radical (unpaired) electrons. The van der Waals surface area contributed by atoms with Gasteiger partial charge >= 0.3 is 0 Å². The molecule has 0 spiro atoms. The van der Waals surface area contributed by atoms with Gasteiger partial charge in [0.15, 0.2) is 5.82 Å². The number of benzene rings is 2. The van der Waals surface area contributed by atoms with E-state index >= 15 is 0 Å². The van der Waals surface area contributed by atoms with E-state index in [2.05, 4.69) is 15.1 Å². The molecule has 4 rings (SSSR count). The van der Waals surface area contributed by atoms with Gasteiger partial charge in [-0.1, -0.05) is 29.3 Å². The van der Waals surface area contributed by atoms with Gasteiger partial charge < -0.3 is 15.4 Å². The number of ether oxygens (including phenoxy) is 1. The fourth-order valence-corrected chi connectivity index (χ4v) is 4.08. The van der Waals surface area contributed by atoms with E-state index in [9.17, 15) is 4.79 Å². The lowest BCUT2D eigenvalue weighted by Crippen LogP contribution is -2.34. The lowest BCUT2D eigenvalue weighted by atomic mass is 10.0. The molecule has 2 N–H and O–H groups in total. The third-order valence-electron chi connectivity index (χ3n) is 5.20. The molecule has 0 unspecified atom stereocenters. The van der Waals surface area contributed by atoms with E-state index in [1.165, 1.54) is 0 Å². The van der Waals surface area contributed by atoms with Crippen LogP contribution in [0.1, 0.15) is 24.1 Å². The Morgan fingerprint density at radius 2 is 1.86 bits per heavy atom. The molecule has 0 aliphatic carbocycles. The van der Waals surface area contributed by atoms with Crippen LogP contribution in [-0.4, -0.2) is 36.2 Å². The first kappa shape index (κ1) is 19.7. The first-order valence-corrected chi connectivity index (χ1v) is 10.1. The summed E-state index contributed by atoms with van der Waals surface area (Å²) < 4.78 is 5.22. The molecule has 2 heterocycles. The van der Waals surface area contributed by atoms with E-state index in [1.807, 2.05) is 24.3 Å². The van der Waals surface area contributed by atoms with Gasteiger partial charge in [0.2, 0.25) is 0 Å². The van der Waals surface area contributed by atoms with Crippen molar-refractivity contribution in [3.63, 3.8) is 0 Å². The highest BCUT2D eigenvalue weighted by molar-refractivity contribution is 6.35. The van der Waals surface area contributed by atoms with E-state index in [0.29, 0.717) is 53.8 Å². The topological polar surface area (TPSA) is 81.3 Å². The zero-order valence-electron chi connectivity index (χ0n) is 15.9. The van der Waals surface area contributed by atoms with Crippen LogP contribution in [0.15, 0.2) is 30.3 Å². The number of methoxy groups -OCH3 is 1. The Kier molecular flexibility index (Phi) is 5.48. The van der Waals surface area contributed by atoms with Crippen LogP contribution in [0.4, 0.5) is 11.5 Å². The Balaban J connectivity index is 1.79. The number of anilines is 2. The largest absolute Gasteiger partial charge is 0.495 e. The van der Waals surface area contributed by atoms with E-state index in [4.69, 9.17) is 33.7 Å². The molecule has 150 valence electrons. The number of piperidine rings is 1. The number of nitrogen functional groups attached to an aromatic ring is 1. The van der Waals surface area contributed by atoms with Gasteiger partial charge in [0.25, 0.3) is 0 Å². The minimum Gasteiger partial charge on any atom is -0.495 e. The second-order valence-electron chi connectivity index (χ2n) is 7.03. The van der Waals surface area contributed by atoms with E-state index in [-0.39, 0.29) is 5.78 Å². The summed E-state index contributed by atoms with van der Waals surface area (Å²) in [4.78, 5) is 13.7. The zero-order chi connectivity index (χ0) is 20.5. The molecular formula is C21H20Cl2N4O2. The van der Waals surface area contributed by atoms with E-state index in [0.717, 1.165) is 27.8 Å². The second-order valence-corrected chi connectivity index (χ2v) is 7.84. The monoisotopic (exact) mass is 430 g/mol. The van der Waals surface area contributed by atoms with Crippen LogP contribution in [0.5, 0.6) is 5.75 Å². The average molecular weight is 431 g/mol. The first-order chi connectivity index (χ1) is 14.0. The Hall–Kier alpha value is -2.57. The van der Waals surface area contributed by atoms with Crippen molar-refractivity contribution in [2.45, 2.75) is 19.3 Å². The van der Waals surface area contributed by atoms with Gasteiger partial charge in [0, 0.05) is 43.1 Å². The highest BCUT2D eigenvalue weighted by Crippen LogP contribution is 2.36. The van der Waals surface area contributed by atoms with Crippen molar-refractivity contribution in [2.24, 2.45) is 0 Å². The third-order valence-corrected chi connectivity index (χ3v) is 5.82. The maximum absolute atomic E-state index is 11.6. The fraction of sp³-hybridized carbons (Fsp3) is 0.286. The Morgan fingerprint density at radius 1 is 1.10 bits per heavy atom. The lowest BCUT2D eigenvalue weighted by molar-refractivity contribution is -0.119. The van der Waals surface area contributed by atoms with Gasteiger partial charge in [0.05, 0.1) is 28.5 Å². The summed E-state index contributed by atoms with van der Waals surface area (Å²) in [5.74, 6) is 1.62. The van der Waals surface area contributed by atoms with Crippen LogP contribution in [0.2, 0.25) is 10.0 Å². The number of hydrogen-bond donors (Lipinski definition) is 1. The molecule has 8 heteroatoms. The van der Waals surface area contributed by atoms with E-state index in [1.54, 1.807) is 13.2 Å². The van der Waals surface area contributed by atoms with Crippen molar-refractivity contribution >= 4 is 51.3 Å². The quantitative estimate of drug-likeness (QED) is 0.621. The fourth-order valence-electron chi connectivity index (χ4n) is 3.64.